The van der Waals surface area contributed by atoms with Crippen molar-refractivity contribution in [3.05, 3.63) is 95.7 Å². The fourth-order valence-corrected chi connectivity index (χ4v) is 5.15. The van der Waals surface area contributed by atoms with Crippen LogP contribution in [0.5, 0.6) is 11.5 Å². The van der Waals surface area contributed by atoms with Gasteiger partial charge in [0.05, 0.1) is 18.3 Å². The van der Waals surface area contributed by atoms with Crippen LogP contribution in [0.25, 0.3) is 22.4 Å². The number of pyridine rings is 2. The minimum absolute atomic E-state index is 0.0168. The molecule has 3 heterocycles. The first-order valence-electron chi connectivity index (χ1n) is 14.3. The number of nitrogens with zero attached hydrogens (tertiary/aromatic N) is 2. The van der Waals surface area contributed by atoms with Gasteiger partial charge in [-0.1, -0.05) is 0 Å². The molecule has 13 heteroatoms. The monoisotopic (exact) mass is 636 g/mol. The van der Waals surface area contributed by atoms with Crippen LogP contribution in [0.3, 0.4) is 0 Å². The van der Waals surface area contributed by atoms with Crippen molar-refractivity contribution >= 4 is 11.8 Å². The zero-order valence-electron chi connectivity index (χ0n) is 24.4. The molecule has 0 saturated heterocycles. The predicted octanol–water partition coefficient (Wildman–Crippen LogP) is 4.81. The summed E-state index contributed by atoms with van der Waals surface area (Å²) in [6.45, 7) is -0.230. The van der Waals surface area contributed by atoms with Gasteiger partial charge in [-0.25, -0.2) is 9.37 Å². The maximum Gasteiger partial charge on any atom is 0.424 e. The number of benzene rings is 2. The van der Waals surface area contributed by atoms with Crippen LogP contribution in [0.1, 0.15) is 41.4 Å². The number of nitrogens with two attached hydrogens (primary N) is 1. The number of nitrogens with one attached hydrogen (secondary N) is 1. The van der Waals surface area contributed by atoms with E-state index in [9.17, 15) is 32.3 Å². The lowest BCUT2D eigenvalue weighted by Gasteiger charge is -2.31. The Hall–Kier alpha value is -5.04. The maximum absolute atomic E-state index is 14.8. The highest BCUT2D eigenvalue weighted by Crippen LogP contribution is 2.47. The third-order valence-corrected chi connectivity index (χ3v) is 8.18. The Morgan fingerprint density at radius 3 is 2.39 bits per heavy atom. The molecule has 238 valence electrons. The average molecular weight is 637 g/mol. The fraction of sp³-hybridized carbons (Fsp3) is 0.273. The van der Waals surface area contributed by atoms with E-state index in [-0.39, 0.29) is 40.8 Å². The summed E-state index contributed by atoms with van der Waals surface area (Å²) >= 11 is 0. The zero-order valence-corrected chi connectivity index (χ0v) is 24.4. The van der Waals surface area contributed by atoms with Crippen LogP contribution in [0.4, 0.5) is 17.6 Å². The molecule has 0 bridgehead atoms. The number of carbonyl (C=O) groups is 2. The standard InChI is InChI=1S/C33H28F4N4O5/c1-31(30(38)43)17-45-28-24(31)15-26(41-27(28)19-2-5-21(34)6-3-19)32(44,33(35,36)37)16-40-29(42)20-4-9-25(46-22-7-8-22)23(14-20)18-10-12-39-13-11-18/h2-6,9-15,22,44H,7-8,16-17H2,1H3,(H2,38,43)(H,40,42)/t31-,32-/m0/s1. The van der Waals surface area contributed by atoms with Crippen molar-refractivity contribution in [2.75, 3.05) is 13.2 Å². The van der Waals surface area contributed by atoms with Gasteiger partial charge < -0.3 is 25.6 Å². The van der Waals surface area contributed by atoms with Gasteiger partial charge in [-0.15, -0.1) is 0 Å². The van der Waals surface area contributed by atoms with E-state index in [1.165, 1.54) is 31.2 Å². The van der Waals surface area contributed by atoms with Crippen molar-refractivity contribution in [1.82, 2.24) is 15.3 Å². The second-order valence-electron chi connectivity index (χ2n) is 11.5. The maximum atomic E-state index is 14.8. The first-order valence-corrected chi connectivity index (χ1v) is 14.3. The molecule has 2 amide bonds. The topological polar surface area (TPSA) is 137 Å². The van der Waals surface area contributed by atoms with Crippen LogP contribution >= 0.6 is 0 Å². The highest BCUT2D eigenvalue weighted by molar-refractivity contribution is 5.96. The lowest BCUT2D eigenvalue weighted by atomic mass is 9.81. The Morgan fingerprint density at radius 2 is 1.76 bits per heavy atom. The first kappa shape index (κ1) is 31.0. The number of hydrogen-bond acceptors (Lipinski definition) is 7. The summed E-state index contributed by atoms with van der Waals surface area (Å²) in [5.74, 6) is -1.90. The summed E-state index contributed by atoms with van der Waals surface area (Å²) in [6.07, 6.45) is -0.413. The molecule has 4 aromatic rings. The smallest absolute Gasteiger partial charge is 0.424 e. The summed E-state index contributed by atoms with van der Waals surface area (Å²) < 4.78 is 69.6. The van der Waals surface area contributed by atoms with Gasteiger partial charge >= 0.3 is 6.18 Å². The van der Waals surface area contributed by atoms with Gasteiger partial charge in [-0.2, -0.15) is 13.2 Å². The van der Waals surface area contributed by atoms with E-state index in [0.29, 0.717) is 16.9 Å². The number of ether oxygens (including phenoxy) is 2. The number of carbonyl (C=O) groups excluding carboxylic acids is 2. The van der Waals surface area contributed by atoms with Crippen molar-refractivity contribution < 1.29 is 41.7 Å². The SMILES string of the molecule is C[C@]1(C(N)=O)COc2c1cc([C@@](O)(CNC(=O)c1ccc(OC3CC3)c(-c3ccncc3)c1)C(F)(F)F)nc2-c1ccc(F)cc1. The van der Waals surface area contributed by atoms with E-state index < -0.39 is 47.1 Å². The molecule has 2 aromatic heterocycles. The molecule has 0 spiro atoms. The number of aliphatic hydroxyl groups is 1. The Kier molecular flexibility index (Phi) is 7.67. The molecular formula is C33H28F4N4O5. The number of amides is 2. The molecule has 0 unspecified atom stereocenters. The molecule has 2 atom stereocenters. The van der Waals surface area contributed by atoms with Crippen molar-refractivity contribution in [3.8, 4) is 33.9 Å². The Balaban J connectivity index is 1.38. The van der Waals surface area contributed by atoms with Gasteiger partial charge in [0.1, 0.15) is 35.0 Å². The minimum Gasteiger partial charge on any atom is -0.490 e. The molecule has 0 radical (unpaired) electrons. The molecule has 1 fully saturated rings. The van der Waals surface area contributed by atoms with Gasteiger partial charge in [-0.05, 0) is 86.0 Å². The molecule has 2 aromatic carbocycles. The minimum atomic E-state index is -5.35. The van der Waals surface area contributed by atoms with E-state index in [1.807, 2.05) is 0 Å². The summed E-state index contributed by atoms with van der Waals surface area (Å²) in [6, 6.07) is 13.5. The predicted molar refractivity (Wildman–Crippen MR) is 157 cm³/mol. The summed E-state index contributed by atoms with van der Waals surface area (Å²) in [5, 5.41) is 13.5. The van der Waals surface area contributed by atoms with Gasteiger partial charge in [0.15, 0.2) is 0 Å². The quantitative estimate of drug-likeness (QED) is 0.225. The van der Waals surface area contributed by atoms with Crippen LogP contribution < -0.4 is 20.5 Å². The molecule has 1 aliphatic heterocycles. The number of hydrogen-bond donors (Lipinski definition) is 3. The van der Waals surface area contributed by atoms with Gasteiger partial charge in [0, 0.05) is 34.6 Å². The van der Waals surface area contributed by atoms with Crippen LogP contribution in [0, 0.1) is 5.82 Å². The number of aromatic nitrogens is 2. The van der Waals surface area contributed by atoms with E-state index in [2.05, 4.69) is 15.3 Å². The second kappa shape index (κ2) is 11.4. The van der Waals surface area contributed by atoms with Crippen LogP contribution in [-0.4, -0.2) is 52.3 Å². The van der Waals surface area contributed by atoms with Gasteiger partial charge in [-0.3, -0.25) is 14.6 Å². The Morgan fingerprint density at radius 1 is 1.07 bits per heavy atom. The normalized spacial score (nSPS) is 18.7. The number of rotatable bonds is 9. The van der Waals surface area contributed by atoms with E-state index in [4.69, 9.17) is 15.2 Å². The summed E-state index contributed by atoms with van der Waals surface area (Å²) in [4.78, 5) is 33.9. The molecule has 1 aliphatic carbocycles. The Labute approximate surface area is 260 Å². The highest BCUT2D eigenvalue weighted by Gasteiger charge is 2.57. The summed E-state index contributed by atoms with van der Waals surface area (Å²) in [7, 11) is 0. The van der Waals surface area contributed by atoms with Crippen LogP contribution in [-0.2, 0) is 15.8 Å². The number of halogens is 4. The zero-order chi connectivity index (χ0) is 32.9. The fourth-order valence-electron chi connectivity index (χ4n) is 5.15. The highest BCUT2D eigenvalue weighted by atomic mass is 19.4. The molecule has 1 saturated carbocycles. The van der Waals surface area contributed by atoms with Gasteiger partial charge in [0.2, 0.25) is 11.5 Å². The average Bonchev–Trinajstić information content (AvgIpc) is 3.79. The van der Waals surface area contributed by atoms with E-state index >= 15 is 0 Å². The summed E-state index contributed by atoms with van der Waals surface area (Å²) in [5.41, 5.74) is 0.617. The van der Waals surface area contributed by atoms with Crippen molar-refractivity contribution in [3.63, 3.8) is 0 Å². The van der Waals surface area contributed by atoms with Crippen molar-refractivity contribution in [2.45, 2.75) is 43.1 Å². The largest absolute Gasteiger partial charge is 0.490 e. The van der Waals surface area contributed by atoms with Crippen LogP contribution in [0.15, 0.2) is 73.1 Å². The number of alkyl halides is 3. The van der Waals surface area contributed by atoms with Crippen molar-refractivity contribution in [1.29, 1.82) is 0 Å². The van der Waals surface area contributed by atoms with Crippen molar-refractivity contribution in [2.24, 2.45) is 5.73 Å². The van der Waals surface area contributed by atoms with E-state index in [0.717, 1.165) is 31.0 Å². The van der Waals surface area contributed by atoms with E-state index in [1.54, 1.807) is 30.6 Å². The second-order valence-corrected chi connectivity index (χ2v) is 11.5. The number of fused-ring (bicyclic) bond motifs is 1. The first-order chi connectivity index (χ1) is 21.8. The third kappa shape index (κ3) is 5.62. The number of primary amides is 1. The molecule has 46 heavy (non-hydrogen) atoms. The molecule has 9 nitrogen and oxygen atoms in total. The third-order valence-electron chi connectivity index (χ3n) is 8.18. The lowest BCUT2D eigenvalue weighted by molar-refractivity contribution is -0.265. The van der Waals surface area contributed by atoms with Crippen LogP contribution in [0.2, 0.25) is 0 Å². The van der Waals surface area contributed by atoms with Gasteiger partial charge in [0.25, 0.3) is 5.91 Å². The molecular weight excluding hydrogens is 608 g/mol. The lowest BCUT2D eigenvalue weighted by Crippen LogP contribution is -2.51. The Bertz CT molecular complexity index is 1820. The molecule has 2 aliphatic rings. The molecule has 4 N–H and O–H groups in total. The molecule has 6 rings (SSSR count).